The van der Waals surface area contributed by atoms with Crippen LogP contribution in [0.2, 0.25) is 0 Å². The molecular formula is C11H8F2N2O4. The molecular weight excluding hydrogens is 262 g/mol. The van der Waals surface area contributed by atoms with Crippen LogP contribution in [0.15, 0.2) is 12.1 Å². The fourth-order valence-corrected chi connectivity index (χ4v) is 1.37. The number of hydrogen-bond acceptors (Lipinski definition) is 4. The number of carboxylic acids is 1. The Hall–Kier alpha value is -2.69. The lowest BCUT2D eigenvalue weighted by molar-refractivity contribution is -0.386. The topological polar surface area (TPSA) is 92.5 Å². The quantitative estimate of drug-likeness (QED) is 0.483. The van der Waals surface area contributed by atoms with E-state index in [0.717, 1.165) is 0 Å². The third-order valence-electron chi connectivity index (χ3n) is 2.16. The van der Waals surface area contributed by atoms with E-state index >= 15 is 0 Å². The number of hydrogen-bond donors (Lipinski definition) is 2. The van der Waals surface area contributed by atoms with Crippen molar-refractivity contribution < 1.29 is 23.6 Å². The molecule has 1 atom stereocenters. The first-order chi connectivity index (χ1) is 8.86. The number of halogens is 2. The largest absolute Gasteiger partial charge is 0.480 e. The van der Waals surface area contributed by atoms with Crippen LogP contribution < -0.4 is 5.32 Å². The van der Waals surface area contributed by atoms with E-state index in [1.807, 2.05) is 5.92 Å². The minimum atomic E-state index is -1.41. The van der Waals surface area contributed by atoms with Gasteiger partial charge in [0.15, 0.2) is 0 Å². The van der Waals surface area contributed by atoms with Gasteiger partial charge in [-0.2, -0.15) is 4.39 Å². The van der Waals surface area contributed by atoms with Gasteiger partial charge in [0.25, 0.3) is 0 Å². The van der Waals surface area contributed by atoms with Crippen molar-refractivity contribution >= 4 is 17.3 Å². The molecule has 0 saturated heterocycles. The van der Waals surface area contributed by atoms with Crippen LogP contribution in [0, 0.1) is 34.1 Å². The Balaban J connectivity index is 3.22. The van der Waals surface area contributed by atoms with E-state index in [1.54, 1.807) is 0 Å². The number of nitro groups is 1. The van der Waals surface area contributed by atoms with Gasteiger partial charge in [-0.1, -0.05) is 0 Å². The summed E-state index contributed by atoms with van der Waals surface area (Å²) in [6, 6.07) is -0.418. The average molecular weight is 270 g/mol. The van der Waals surface area contributed by atoms with Gasteiger partial charge in [0.1, 0.15) is 17.5 Å². The van der Waals surface area contributed by atoms with Gasteiger partial charge in [-0.25, -0.2) is 9.18 Å². The van der Waals surface area contributed by atoms with Crippen LogP contribution in [0.25, 0.3) is 0 Å². The van der Waals surface area contributed by atoms with Crippen molar-refractivity contribution in [2.75, 3.05) is 5.32 Å². The predicted octanol–water partition coefficient (Wildman–Crippen LogP) is 1.76. The molecule has 0 spiro atoms. The van der Waals surface area contributed by atoms with Crippen LogP contribution in [0.3, 0.4) is 0 Å². The molecule has 0 amide bonds. The van der Waals surface area contributed by atoms with Gasteiger partial charge < -0.3 is 10.4 Å². The molecule has 0 aliphatic rings. The molecule has 0 radical (unpaired) electrons. The molecule has 19 heavy (non-hydrogen) atoms. The predicted molar refractivity (Wildman–Crippen MR) is 61.5 cm³/mol. The highest BCUT2D eigenvalue weighted by Gasteiger charge is 2.26. The SMILES string of the molecule is C#CCC(Nc1cc(F)cc(F)c1[N+](=O)[O-])C(=O)O. The van der Waals surface area contributed by atoms with Crippen LogP contribution >= 0.6 is 0 Å². The Morgan fingerprint density at radius 3 is 2.68 bits per heavy atom. The Morgan fingerprint density at radius 1 is 1.58 bits per heavy atom. The zero-order valence-electron chi connectivity index (χ0n) is 9.39. The summed E-state index contributed by atoms with van der Waals surface area (Å²) in [5.41, 5.74) is -1.62. The molecule has 0 aliphatic carbocycles. The smallest absolute Gasteiger partial charge is 0.327 e. The third-order valence-corrected chi connectivity index (χ3v) is 2.16. The lowest BCUT2D eigenvalue weighted by atomic mass is 10.1. The molecule has 0 saturated carbocycles. The molecule has 6 nitrogen and oxygen atoms in total. The van der Waals surface area contributed by atoms with Crippen LogP contribution in [-0.2, 0) is 4.79 Å². The van der Waals surface area contributed by atoms with Crippen molar-refractivity contribution in [1.82, 2.24) is 0 Å². The third kappa shape index (κ3) is 3.38. The summed E-state index contributed by atoms with van der Waals surface area (Å²) in [6.45, 7) is 0. The van der Waals surface area contributed by atoms with Crippen molar-refractivity contribution in [2.45, 2.75) is 12.5 Å². The van der Waals surface area contributed by atoms with E-state index in [1.165, 1.54) is 0 Å². The molecule has 1 unspecified atom stereocenters. The summed E-state index contributed by atoms with van der Waals surface area (Å²) < 4.78 is 26.3. The van der Waals surface area contributed by atoms with Crippen molar-refractivity contribution in [1.29, 1.82) is 0 Å². The summed E-state index contributed by atoms with van der Waals surface area (Å²) in [4.78, 5) is 20.4. The van der Waals surface area contributed by atoms with Gasteiger partial charge in [-0.05, 0) is 0 Å². The monoisotopic (exact) mass is 270 g/mol. The summed E-state index contributed by atoms with van der Waals surface area (Å²) in [5.74, 6) is -1.82. The Labute approximate surface area is 106 Å². The zero-order chi connectivity index (χ0) is 14.6. The summed E-state index contributed by atoms with van der Waals surface area (Å²) in [7, 11) is 0. The number of carbonyl (C=O) groups is 1. The fraction of sp³-hybridized carbons (Fsp3) is 0.182. The van der Waals surface area contributed by atoms with Crippen LogP contribution in [0.5, 0.6) is 0 Å². The van der Waals surface area contributed by atoms with Crippen molar-refractivity contribution in [3.05, 3.63) is 33.9 Å². The maximum atomic E-state index is 13.3. The summed E-state index contributed by atoms with van der Waals surface area (Å²) in [5, 5.41) is 21.6. The number of nitrogens with zero attached hydrogens (tertiary/aromatic N) is 1. The lowest BCUT2D eigenvalue weighted by Crippen LogP contribution is -2.29. The number of carboxylic acid groups (broad SMARTS) is 1. The molecule has 1 aromatic rings. The van der Waals surface area contributed by atoms with E-state index in [2.05, 4.69) is 5.32 Å². The van der Waals surface area contributed by atoms with E-state index in [0.29, 0.717) is 12.1 Å². The molecule has 0 heterocycles. The van der Waals surface area contributed by atoms with Crippen LogP contribution in [0.1, 0.15) is 6.42 Å². The van der Waals surface area contributed by atoms with Gasteiger partial charge >= 0.3 is 11.7 Å². The van der Waals surface area contributed by atoms with E-state index in [-0.39, 0.29) is 6.42 Å². The zero-order valence-corrected chi connectivity index (χ0v) is 9.39. The Morgan fingerprint density at radius 2 is 2.21 bits per heavy atom. The van der Waals surface area contributed by atoms with Crippen molar-refractivity contribution in [3.8, 4) is 12.3 Å². The second kappa shape index (κ2) is 5.77. The Kier molecular flexibility index (Phi) is 4.36. The molecule has 2 N–H and O–H groups in total. The van der Waals surface area contributed by atoms with Crippen molar-refractivity contribution in [3.63, 3.8) is 0 Å². The Bertz CT molecular complexity index is 569. The molecule has 100 valence electrons. The summed E-state index contributed by atoms with van der Waals surface area (Å²) in [6.07, 6.45) is 4.64. The van der Waals surface area contributed by atoms with E-state index in [4.69, 9.17) is 11.5 Å². The normalized spacial score (nSPS) is 11.4. The first-order valence-electron chi connectivity index (χ1n) is 4.93. The number of rotatable bonds is 5. The lowest BCUT2D eigenvalue weighted by Gasteiger charge is -2.13. The molecule has 1 rings (SSSR count). The number of anilines is 1. The van der Waals surface area contributed by atoms with Crippen LogP contribution in [-0.4, -0.2) is 22.0 Å². The van der Waals surface area contributed by atoms with Gasteiger partial charge in [0.2, 0.25) is 5.82 Å². The van der Waals surface area contributed by atoms with Gasteiger partial charge in [-0.3, -0.25) is 10.1 Å². The molecule has 8 heteroatoms. The van der Waals surface area contributed by atoms with Crippen LogP contribution in [0.4, 0.5) is 20.2 Å². The number of benzene rings is 1. The molecule has 1 aromatic carbocycles. The molecule has 0 bridgehead atoms. The number of terminal acetylenes is 1. The summed E-state index contributed by atoms with van der Waals surface area (Å²) >= 11 is 0. The first-order valence-corrected chi connectivity index (χ1v) is 4.93. The molecule has 0 aliphatic heterocycles. The van der Waals surface area contributed by atoms with Crippen molar-refractivity contribution in [2.24, 2.45) is 0 Å². The minimum absolute atomic E-state index is 0.301. The molecule has 0 fully saturated rings. The average Bonchev–Trinajstić information content (AvgIpc) is 2.26. The van der Waals surface area contributed by atoms with E-state index in [9.17, 15) is 23.7 Å². The maximum Gasteiger partial charge on any atom is 0.327 e. The second-order valence-electron chi connectivity index (χ2n) is 3.48. The fourth-order valence-electron chi connectivity index (χ4n) is 1.37. The number of aliphatic carboxylic acids is 1. The highest BCUT2D eigenvalue weighted by molar-refractivity contribution is 5.79. The van der Waals surface area contributed by atoms with E-state index < -0.39 is 39.9 Å². The van der Waals surface area contributed by atoms with Gasteiger partial charge in [0.05, 0.1) is 4.92 Å². The highest BCUT2D eigenvalue weighted by Crippen LogP contribution is 2.29. The minimum Gasteiger partial charge on any atom is -0.480 e. The second-order valence-corrected chi connectivity index (χ2v) is 3.48. The molecule has 0 aromatic heterocycles. The standard InChI is InChI=1S/C11H8F2N2O4/c1-2-3-8(11(16)17)14-9-5-6(12)4-7(13)10(9)15(18)19/h1,4-5,8,14H,3H2,(H,16,17). The maximum absolute atomic E-state index is 13.3. The number of nitro benzene ring substituents is 1. The van der Waals surface area contributed by atoms with Gasteiger partial charge in [-0.15, -0.1) is 12.3 Å². The van der Waals surface area contributed by atoms with Gasteiger partial charge in [0, 0.05) is 18.6 Å². The first kappa shape index (κ1) is 14.4. The number of nitrogens with one attached hydrogen (secondary N) is 1. The highest BCUT2D eigenvalue weighted by atomic mass is 19.1.